The smallest absolute Gasteiger partial charge is 0.308 e. The average molecular weight is 631 g/mol. The molecule has 1 aliphatic heterocycles. The fraction of sp³-hybridized carbons (Fsp3) is 0.192. The van der Waals surface area contributed by atoms with Crippen molar-refractivity contribution in [1.29, 1.82) is 0 Å². The molecule has 42 heavy (non-hydrogen) atoms. The van der Waals surface area contributed by atoms with Gasteiger partial charge in [0.15, 0.2) is 0 Å². The number of nitrogens with zero attached hydrogens (tertiary/aromatic N) is 2. The lowest BCUT2D eigenvalue weighted by Gasteiger charge is -2.28. The molecule has 5 amide bonds. The Morgan fingerprint density at radius 1 is 0.952 bits per heavy atom. The van der Waals surface area contributed by atoms with Crippen molar-refractivity contribution in [2.75, 3.05) is 15.5 Å². The molecule has 0 unspecified atom stereocenters. The summed E-state index contributed by atoms with van der Waals surface area (Å²) in [4.78, 5) is 40.5. The van der Waals surface area contributed by atoms with Gasteiger partial charge in [0, 0.05) is 16.4 Å². The Kier molecular flexibility index (Phi) is 7.95. The van der Waals surface area contributed by atoms with Crippen LogP contribution in [-0.4, -0.2) is 36.8 Å². The highest BCUT2D eigenvalue weighted by Gasteiger charge is 2.52. The Morgan fingerprint density at radius 3 is 2.19 bits per heavy atom. The van der Waals surface area contributed by atoms with Gasteiger partial charge in [-0.15, -0.1) is 0 Å². The van der Waals surface area contributed by atoms with Crippen LogP contribution in [0.2, 0.25) is 0 Å². The minimum absolute atomic E-state index is 0.108. The van der Waals surface area contributed by atoms with E-state index >= 15 is 0 Å². The van der Waals surface area contributed by atoms with Gasteiger partial charge >= 0.3 is 18.2 Å². The zero-order chi connectivity index (χ0) is 31.2. The molecule has 0 spiro atoms. The van der Waals surface area contributed by atoms with Crippen LogP contribution in [0.5, 0.6) is 0 Å². The van der Waals surface area contributed by atoms with Gasteiger partial charge in [-0.25, -0.2) is 31.7 Å². The molecule has 0 aliphatic carbocycles. The second-order valence-electron chi connectivity index (χ2n) is 9.57. The van der Waals surface area contributed by atoms with Gasteiger partial charge in [0.1, 0.15) is 17.2 Å². The molecule has 222 valence electrons. The lowest BCUT2D eigenvalue weighted by atomic mass is 10.0. The molecule has 0 bridgehead atoms. The van der Waals surface area contributed by atoms with Gasteiger partial charge in [-0.3, -0.25) is 4.79 Å². The first-order valence-electron chi connectivity index (χ1n) is 11.8. The van der Waals surface area contributed by atoms with Crippen molar-refractivity contribution in [3.8, 4) is 0 Å². The summed E-state index contributed by atoms with van der Waals surface area (Å²) < 4.78 is 90.6. The SMILES string of the molecule is CC1(C)C(=O)N(c2ccc(F)c(C(F)(F)F)c2)C(=O)N1Cc1ccc(F)cc1NC(=O)Nc1ccc(S(=O)(=O)Cl)cc1. The van der Waals surface area contributed by atoms with E-state index in [4.69, 9.17) is 10.7 Å². The monoisotopic (exact) mass is 630 g/mol. The molecule has 0 saturated carbocycles. The maximum Gasteiger partial charge on any atom is 0.419 e. The number of halogens is 6. The summed E-state index contributed by atoms with van der Waals surface area (Å²) in [5.41, 5.74) is -3.57. The Labute approximate surface area is 240 Å². The van der Waals surface area contributed by atoms with E-state index in [0.717, 1.165) is 35.2 Å². The van der Waals surface area contributed by atoms with E-state index in [0.29, 0.717) is 17.0 Å². The summed E-state index contributed by atoms with van der Waals surface area (Å²) in [5.74, 6) is -3.24. The second-order valence-corrected chi connectivity index (χ2v) is 12.1. The summed E-state index contributed by atoms with van der Waals surface area (Å²) in [6.45, 7) is 2.30. The average Bonchev–Trinajstić information content (AvgIpc) is 3.04. The molecule has 1 fully saturated rings. The number of nitrogens with one attached hydrogen (secondary N) is 2. The van der Waals surface area contributed by atoms with Gasteiger partial charge in [-0.05, 0) is 74.0 Å². The van der Waals surface area contributed by atoms with Crippen LogP contribution in [0.15, 0.2) is 65.6 Å². The van der Waals surface area contributed by atoms with E-state index in [1.54, 1.807) is 0 Å². The van der Waals surface area contributed by atoms with E-state index in [1.165, 1.54) is 32.0 Å². The Bertz CT molecular complexity index is 1700. The molecular weight excluding hydrogens is 611 g/mol. The minimum Gasteiger partial charge on any atom is -0.308 e. The van der Waals surface area contributed by atoms with Gasteiger partial charge in [0.25, 0.3) is 15.0 Å². The number of imide groups is 1. The summed E-state index contributed by atoms with van der Waals surface area (Å²) >= 11 is 0. The summed E-state index contributed by atoms with van der Waals surface area (Å²) in [7, 11) is 1.27. The van der Waals surface area contributed by atoms with Crippen molar-refractivity contribution >= 4 is 54.8 Å². The molecule has 3 aromatic rings. The first kappa shape index (κ1) is 30.7. The molecule has 2 N–H and O–H groups in total. The van der Waals surface area contributed by atoms with Crippen molar-refractivity contribution in [1.82, 2.24) is 4.90 Å². The third-order valence-electron chi connectivity index (χ3n) is 6.38. The molecule has 0 atom stereocenters. The first-order valence-corrected chi connectivity index (χ1v) is 14.1. The standard InChI is InChI=1S/C26H20ClF5N4O5S/c1-25(2)22(37)36(17-7-10-20(29)19(12-17)26(30,31)32)24(39)35(25)13-14-3-4-15(28)11-21(14)34-23(38)33-16-5-8-18(9-6-16)42(27,40)41/h3-12H,13H2,1-2H3,(H2,33,34,38). The summed E-state index contributed by atoms with van der Waals surface area (Å²) in [6, 6.07) is 7.84. The number of rotatable bonds is 6. The number of hydrogen-bond acceptors (Lipinski definition) is 5. The van der Waals surface area contributed by atoms with Crippen LogP contribution < -0.4 is 15.5 Å². The van der Waals surface area contributed by atoms with Crippen molar-refractivity contribution < 1.29 is 44.8 Å². The number of benzene rings is 3. The van der Waals surface area contributed by atoms with Crippen molar-refractivity contribution in [2.24, 2.45) is 0 Å². The van der Waals surface area contributed by atoms with Crippen molar-refractivity contribution in [3.05, 3.63) is 83.4 Å². The topological polar surface area (TPSA) is 116 Å². The number of carbonyl (C=O) groups is 3. The van der Waals surface area contributed by atoms with Crippen LogP contribution in [0.1, 0.15) is 25.0 Å². The number of hydrogen-bond donors (Lipinski definition) is 2. The van der Waals surface area contributed by atoms with E-state index in [1.807, 2.05) is 0 Å². The van der Waals surface area contributed by atoms with Gasteiger partial charge in [-0.1, -0.05) is 6.07 Å². The molecular formula is C26H20ClF5N4O5S. The highest BCUT2D eigenvalue weighted by Crippen LogP contribution is 2.38. The molecule has 1 saturated heterocycles. The number of amides is 5. The van der Waals surface area contributed by atoms with Gasteiger partial charge in [0.05, 0.1) is 28.4 Å². The molecule has 0 radical (unpaired) electrons. The highest BCUT2D eigenvalue weighted by atomic mass is 35.7. The van der Waals surface area contributed by atoms with Crippen LogP contribution in [0.3, 0.4) is 0 Å². The van der Waals surface area contributed by atoms with Crippen molar-refractivity contribution in [3.63, 3.8) is 0 Å². The third-order valence-corrected chi connectivity index (χ3v) is 7.75. The molecule has 9 nitrogen and oxygen atoms in total. The predicted octanol–water partition coefficient (Wildman–Crippen LogP) is 6.30. The normalized spacial score (nSPS) is 15.2. The van der Waals surface area contributed by atoms with Crippen LogP contribution in [0, 0.1) is 11.6 Å². The highest BCUT2D eigenvalue weighted by molar-refractivity contribution is 8.13. The second kappa shape index (κ2) is 10.9. The number of carbonyl (C=O) groups excluding carboxylic acids is 3. The fourth-order valence-corrected chi connectivity index (χ4v) is 4.93. The van der Waals surface area contributed by atoms with Crippen LogP contribution in [-0.2, 0) is 26.6 Å². The molecule has 16 heteroatoms. The Hall–Kier alpha value is -4.24. The van der Waals surface area contributed by atoms with Crippen LogP contribution in [0.4, 0.5) is 48.6 Å². The molecule has 3 aromatic carbocycles. The van der Waals surface area contributed by atoms with E-state index < -0.39 is 61.6 Å². The van der Waals surface area contributed by atoms with Crippen molar-refractivity contribution in [2.45, 2.75) is 37.0 Å². The lowest BCUT2D eigenvalue weighted by Crippen LogP contribution is -2.43. The number of anilines is 3. The quantitative estimate of drug-likeness (QED) is 0.188. The molecule has 0 aromatic heterocycles. The summed E-state index contributed by atoms with van der Waals surface area (Å²) in [5, 5.41) is 4.82. The molecule has 4 rings (SSSR count). The van der Waals surface area contributed by atoms with Gasteiger partial charge in [-0.2, -0.15) is 13.2 Å². The van der Waals surface area contributed by atoms with Crippen LogP contribution in [0.25, 0.3) is 0 Å². The number of alkyl halides is 3. The zero-order valence-electron chi connectivity index (χ0n) is 21.6. The zero-order valence-corrected chi connectivity index (χ0v) is 23.2. The maximum absolute atomic E-state index is 14.1. The Morgan fingerprint density at radius 2 is 1.60 bits per heavy atom. The van der Waals surface area contributed by atoms with Gasteiger partial charge in [0.2, 0.25) is 0 Å². The fourth-order valence-electron chi connectivity index (χ4n) is 4.16. The van der Waals surface area contributed by atoms with E-state index in [9.17, 15) is 44.8 Å². The predicted molar refractivity (Wildman–Crippen MR) is 142 cm³/mol. The van der Waals surface area contributed by atoms with E-state index in [2.05, 4.69) is 10.6 Å². The minimum atomic E-state index is -5.08. The van der Waals surface area contributed by atoms with Gasteiger partial charge < -0.3 is 15.5 Å². The largest absolute Gasteiger partial charge is 0.419 e. The van der Waals surface area contributed by atoms with Crippen LogP contribution >= 0.6 is 10.7 Å². The maximum atomic E-state index is 14.1. The molecule has 1 aliphatic rings. The third kappa shape index (κ3) is 6.16. The van der Waals surface area contributed by atoms with E-state index in [-0.39, 0.29) is 28.4 Å². The number of urea groups is 2. The Balaban J connectivity index is 1.59. The first-order chi connectivity index (χ1) is 19.4. The molecule has 1 heterocycles. The summed E-state index contributed by atoms with van der Waals surface area (Å²) in [6.07, 6.45) is -5.08. The lowest BCUT2D eigenvalue weighted by molar-refractivity contribution is -0.140.